The molecule has 2 amide bonds. The van der Waals surface area contributed by atoms with Gasteiger partial charge in [-0.25, -0.2) is 9.37 Å². The first-order valence-corrected chi connectivity index (χ1v) is 8.78. The lowest BCUT2D eigenvalue weighted by atomic mass is 10.0. The summed E-state index contributed by atoms with van der Waals surface area (Å²) in [5.74, 6) is -0.425. The molecule has 136 valence electrons. The molecule has 6 heteroatoms. The van der Waals surface area contributed by atoms with Crippen molar-refractivity contribution in [1.29, 1.82) is 0 Å². The van der Waals surface area contributed by atoms with Crippen LogP contribution in [0.4, 0.5) is 4.39 Å². The van der Waals surface area contributed by atoms with E-state index in [0.29, 0.717) is 25.2 Å². The highest BCUT2D eigenvalue weighted by Crippen LogP contribution is 2.15. The summed E-state index contributed by atoms with van der Waals surface area (Å²) in [7, 11) is 0. The first-order valence-electron chi connectivity index (χ1n) is 8.78. The number of rotatable bonds is 4. The number of carbonyl (C=O) groups is 2. The van der Waals surface area contributed by atoms with E-state index in [1.165, 1.54) is 19.1 Å². The Morgan fingerprint density at radius 1 is 1.19 bits per heavy atom. The van der Waals surface area contributed by atoms with Gasteiger partial charge in [0, 0.05) is 38.2 Å². The number of amides is 2. The number of hydrogen-bond donors (Lipinski definition) is 1. The maximum Gasteiger partial charge on any atom is 0.272 e. The molecule has 26 heavy (non-hydrogen) atoms. The summed E-state index contributed by atoms with van der Waals surface area (Å²) in [6.07, 6.45) is 1.96. The van der Waals surface area contributed by atoms with Gasteiger partial charge in [-0.1, -0.05) is 18.2 Å². The fourth-order valence-corrected chi connectivity index (χ4v) is 3.23. The molecule has 0 radical (unpaired) electrons. The molecular weight excluding hydrogens is 333 g/mol. The third-order valence-corrected chi connectivity index (χ3v) is 4.49. The first-order chi connectivity index (χ1) is 12.5. The van der Waals surface area contributed by atoms with Crippen LogP contribution < -0.4 is 5.32 Å². The molecule has 1 saturated heterocycles. The molecule has 0 saturated carbocycles. The monoisotopic (exact) mass is 355 g/mol. The number of nitrogens with zero attached hydrogens (tertiary/aromatic N) is 2. The van der Waals surface area contributed by atoms with Gasteiger partial charge in [-0.2, -0.15) is 0 Å². The molecule has 2 heterocycles. The minimum absolute atomic E-state index is 0.0403. The van der Waals surface area contributed by atoms with Gasteiger partial charge >= 0.3 is 0 Å². The predicted octanol–water partition coefficient (Wildman–Crippen LogP) is 2.55. The van der Waals surface area contributed by atoms with E-state index in [9.17, 15) is 14.0 Å². The highest BCUT2D eigenvalue weighted by atomic mass is 19.1. The summed E-state index contributed by atoms with van der Waals surface area (Å²) in [6.45, 7) is 2.70. The molecule has 0 atom stereocenters. The van der Waals surface area contributed by atoms with Gasteiger partial charge in [0.2, 0.25) is 5.91 Å². The Kier molecular flexibility index (Phi) is 5.61. The Bertz CT molecular complexity index is 801. The molecule has 3 rings (SSSR count). The summed E-state index contributed by atoms with van der Waals surface area (Å²) in [5.41, 5.74) is 1.95. The fraction of sp³-hybridized carbons (Fsp3) is 0.350. The molecule has 1 aromatic heterocycles. The van der Waals surface area contributed by atoms with Crippen LogP contribution in [0.2, 0.25) is 0 Å². The zero-order valence-corrected chi connectivity index (χ0v) is 14.7. The third kappa shape index (κ3) is 4.65. The normalized spacial score (nSPS) is 14.9. The summed E-state index contributed by atoms with van der Waals surface area (Å²) >= 11 is 0. The van der Waals surface area contributed by atoms with Crippen LogP contribution in [0.5, 0.6) is 0 Å². The Morgan fingerprint density at radius 3 is 2.62 bits per heavy atom. The molecule has 1 N–H and O–H groups in total. The van der Waals surface area contributed by atoms with Gasteiger partial charge in [-0.05, 0) is 42.7 Å². The van der Waals surface area contributed by atoms with E-state index in [1.54, 1.807) is 23.1 Å². The Labute approximate surface area is 152 Å². The summed E-state index contributed by atoms with van der Waals surface area (Å²) in [4.78, 5) is 30.1. The average Bonchev–Trinajstić information content (AvgIpc) is 2.61. The van der Waals surface area contributed by atoms with E-state index >= 15 is 0 Å². The van der Waals surface area contributed by atoms with Gasteiger partial charge in [-0.15, -0.1) is 0 Å². The number of benzene rings is 1. The quantitative estimate of drug-likeness (QED) is 0.917. The highest BCUT2D eigenvalue weighted by molar-refractivity contribution is 5.92. The fourth-order valence-electron chi connectivity index (χ4n) is 3.23. The van der Waals surface area contributed by atoms with Gasteiger partial charge in [0.1, 0.15) is 11.5 Å². The van der Waals surface area contributed by atoms with Crippen molar-refractivity contribution in [2.45, 2.75) is 32.2 Å². The van der Waals surface area contributed by atoms with Crippen molar-refractivity contribution < 1.29 is 14.0 Å². The summed E-state index contributed by atoms with van der Waals surface area (Å²) in [5, 5.41) is 2.90. The van der Waals surface area contributed by atoms with Crippen molar-refractivity contribution in [1.82, 2.24) is 15.2 Å². The molecule has 5 nitrogen and oxygen atoms in total. The van der Waals surface area contributed by atoms with E-state index < -0.39 is 0 Å². The van der Waals surface area contributed by atoms with Crippen LogP contribution in [0.25, 0.3) is 0 Å². The SMILES string of the molecule is CC(=O)NC1CCN(C(=O)c2cccc(Cc3cccc(F)c3)n2)CC1. The van der Waals surface area contributed by atoms with Gasteiger partial charge < -0.3 is 10.2 Å². The number of pyridine rings is 1. The van der Waals surface area contributed by atoms with Gasteiger partial charge in [0.15, 0.2) is 0 Å². The van der Waals surface area contributed by atoms with Crippen molar-refractivity contribution in [2.75, 3.05) is 13.1 Å². The number of likely N-dealkylation sites (tertiary alicyclic amines) is 1. The second-order valence-corrected chi connectivity index (χ2v) is 6.59. The van der Waals surface area contributed by atoms with Gasteiger partial charge in [0.25, 0.3) is 5.91 Å². The maximum atomic E-state index is 13.3. The summed E-state index contributed by atoms with van der Waals surface area (Å²) < 4.78 is 13.3. The largest absolute Gasteiger partial charge is 0.353 e. The number of carbonyl (C=O) groups excluding carboxylic acids is 2. The lowest BCUT2D eigenvalue weighted by molar-refractivity contribution is -0.119. The number of hydrogen-bond acceptors (Lipinski definition) is 3. The van der Waals surface area contributed by atoms with E-state index in [2.05, 4.69) is 10.3 Å². The lowest BCUT2D eigenvalue weighted by Crippen LogP contribution is -2.46. The van der Waals surface area contributed by atoms with Crippen LogP contribution in [0.1, 0.15) is 41.5 Å². The third-order valence-electron chi connectivity index (χ3n) is 4.49. The van der Waals surface area contributed by atoms with Gasteiger partial charge in [0.05, 0.1) is 0 Å². The highest BCUT2D eigenvalue weighted by Gasteiger charge is 2.24. The van der Waals surface area contributed by atoms with Crippen LogP contribution in [0.15, 0.2) is 42.5 Å². The first kappa shape index (κ1) is 18.0. The smallest absolute Gasteiger partial charge is 0.272 e. The second kappa shape index (κ2) is 8.08. The molecule has 1 aliphatic heterocycles. The number of halogens is 1. The molecule has 0 spiro atoms. The topological polar surface area (TPSA) is 62.3 Å². The van der Waals surface area contributed by atoms with Crippen LogP contribution >= 0.6 is 0 Å². The molecule has 0 bridgehead atoms. The van der Waals surface area contributed by atoms with E-state index in [-0.39, 0.29) is 23.7 Å². The molecular formula is C20H22FN3O2. The molecule has 0 aliphatic carbocycles. The molecule has 1 fully saturated rings. The Morgan fingerprint density at radius 2 is 1.92 bits per heavy atom. The van der Waals surface area contributed by atoms with Crippen molar-refractivity contribution in [3.8, 4) is 0 Å². The minimum atomic E-state index is -0.281. The van der Waals surface area contributed by atoms with Crippen molar-refractivity contribution in [3.63, 3.8) is 0 Å². The van der Waals surface area contributed by atoms with Gasteiger partial charge in [-0.3, -0.25) is 9.59 Å². The average molecular weight is 355 g/mol. The lowest BCUT2D eigenvalue weighted by Gasteiger charge is -2.32. The standard InChI is InChI=1S/C20H22FN3O2/c1-14(25)22-17-8-10-24(11-9-17)20(26)19-7-3-6-18(23-19)13-15-4-2-5-16(21)12-15/h2-7,12,17H,8-11,13H2,1H3,(H,22,25). The van der Waals surface area contributed by atoms with Crippen LogP contribution in [0, 0.1) is 5.82 Å². The van der Waals surface area contributed by atoms with E-state index in [1.807, 2.05) is 12.1 Å². The molecule has 1 aromatic carbocycles. The molecule has 1 aliphatic rings. The van der Waals surface area contributed by atoms with E-state index in [4.69, 9.17) is 0 Å². The zero-order chi connectivity index (χ0) is 18.5. The maximum absolute atomic E-state index is 13.3. The predicted molar refractivity (Wildman–Crippen MR) is 96.2 cm³/mol. The summed E-state index contributed by atoms with van der Waals surface area (Å²) in [6, 6.07) is 11.9. The molecule has 0 unspecified atom stereocenters. The second-order valence-electron chi connectivity index (χ2n) is 6.59. The van der Waals surface area contributed by atoms with Crippen LogP contribution in [0.3, 0.4) is 0 Å². The van der Waals surface area contributed by atoms with Crippen molar-refractivity contribution in [2.24, 2.45) is 0 Å². The minimum Gasteiger partial charge on any atom is -0.353 e. The number of piperidine rings is 1. The number of nitrogens with one attached hydrogen (secondary N) is 1. The molecule has 2 aromatic rings. The Balaban J connectivity index is 1.64. The van der Waals surface area contributed by atoms with Crippen LogP contribution in [-0.4, -0.2) is 40.8 Å². The van der Waals surface area contributed by atoms with Crippen molar-refractivity contribution in [3.05, 3.63) is 65.2 Å². The van der Waals surface area contributed by atoms with Crippen molar-refractivity contribution >= 4 is 11.8 Å². The number of aromatic nitrogens is 1. The van der Waals surface area contributed by atoms with E-state index in [0.717, 1.165) is 24.1 Å². The van der Waals surface area contributed by atoms with Crippen LogP contribution in [-0.2, 0) is 11.2 Å². The Hall–Kier alpha value is -2.76. The zero-order valence-electron chi connectivity index (χ0n) is 14.7.